The number of aliphatic hydroxyl groups is 1. The van der Waals surface area contributed by atoms with Gasteiger partial charge >= 0.3 is 5.69 Å². The lowest BCUT2D eigenvalue weighted by atomic mass is 9.84. The van der Waals surface area contributed by atoms with Crippen molar-refractivity contribution in [3.63, 3.8) is 0 Å². The molecule has 2 aliphatic rings. The molecule has 210 valence electrons. The molecule has 3 aromatic rings. The number of aryl methyl sites for hydroxylation is 1. The van der Waals surface area contributed by atoms with Crippen molar-refractivity contribution in [2.45, 2.75) is 70.2 Å². The molecule has 1 aromatic carbocycles. The molecule has 0 amide bonds. The third-order valence-corrected chi connectivity index (χ3v) is 7.54. The molecule has 2 saturated heterocycles. The highest BCUT2D eigenvalue weighted by molar-refractivity contribution is 6.32. The second-order valence-electron chi connectivity index (χ2n) is 10.9. The Labute approximate surface area is 230 Å². The van der Waals surface area contributed by atoms with Crippen molar-refractivity contribution in [2.24, 2.45) is 7.05 Å². The van der Waals surface area contributed by atoms with Crippen molar-refractivity contribution in [2.75, 3.05) is 23.8 Å². The Balaban J connectivity index is 1.41. The highest BCUT2D eigenvalue weighted by Gasteiger charge is 2.43. The number of aliphatic hydroxyl groups excluding tert-OH is 1. The Morgan fingerprint density at radius 2 is 2.13 bits per heavy atom. The highest BCUT2D eigenvalue weighted by Crippen LogP contribution is 2.39. The van der Waals surface area contributed by atoms with Crippen molar-refractivity contribution < 1.29 is 14.2 Å². The van der Waals surface area contributed by atoms with Gasteiger partial charge in [-0.15, -0.1) is 0 Å². The van der Waals surface area contributed by atoms with Gasteiger partial charge in [0.15, 0.2) is 11.6 Å². The molecule has 0 radical (unpaired) electrons. The summed E-state index contributed by atoms with van der Waals surface area (Å²) >= 11 is 6.45. The molecule has 0 aliphatic carbocycles. The maximum atomic E-state index is 15.2. The SMILES string of the molecule is C[C@H](O)COc1cc(F)c(Nc2ncc(Cl)c(N[C@@H]3C[C@@H]4CCCN4C(C)(C)C3)n2)cc1-n1nnn(C)c1=O. The van der Waals surface area contributed by atoms with Crippen LogP contribution in [0.3, 0.4) is 0 Å². The van der Waals surface area contributed by atoms with Gasteiger partial charge in [0.1, 0.15) is 23.1 Å². The van der Waals surface area contributed by atoms with Crippen LogP contribution in [-0.4, -0.2) is 76.6 Å². The van der Waals surface area contributed by atoms with Crippen molar-refractivity contribution >= 4 is 29.1 Å². The minimum Gasteiger partial charge on any atom is -0.489 e. The Morgan fingerprint density at radius 1 is 1.33 bits per heavy atom. The minimum atomic E-state index is -0.808. The van der Waals surface area contributed by atoms with Crippen LogP contribution in [0.2, 0.25) is 5.02 Å². The van der Waals surface area contributed by atoms with Gasteiger partial charge in [0, 0.05) is 30.7 Å². The van der Waals surface area contributed by atoms with E-state index >= 15 is 4.39 Å². The zero-order chi connectivity index (χ0) is 27.9. The van der Waals surface area contributed by atoms with E-state index in [9.17, 15) is 9.90 Å². The first-order valence-corrected chi connectivity index (χ1v) is 13.4. The molecule has 0 unspecified atom stereocenters. The number of rotatable bonds is 8. The van der Waals surface area contributed by atoms with E-state index < -0.39 is 17.6 Å². The summed E-state index contributed by atoms with van der Waals surface area (Å²) in [5, 5.41) is 23.9. The van der Waals surface area contributed by atoms with E-state index in [4.69, 9.17) is 16.3 Å². The van der Waals surface area contributed by atoms with Gasteiger partial charge in [-0.3, -0.25) is 4.90 Å². The van der Waals surface area contributed by atoms with E-state index in [0.29, 0.717) is 16.9 Å². The normalized spacial score (nSPS) is 21.4. The van der Waals surface area contributed by atoms with E-state index in [0.717, 1.165) is 34.8 Å². The van der Waals surface area contributed by atoms with Gasteiger partial charge in [-0.05, 0) is 69.5 Å². The Bertz CT molecular complexity index is 1410. The lowest BCUT2D eigenvalue weighted by Crippen LogP contribution is -2.55. The Kier molecular flexibility index (Phi) is 7.49. The maximum Gasteiger partial charge on any atom is 0.368 e. The number of ether oxygens (including phenoxy) is 1. The van der Waals surface area contributed by atoms with Gasteiger partial charge in [0.25, 0.3) is 0 Å². The number of aromatic nitrogens is 6. The molecule has 2 fully saturated rings. The number of benzene rings is 1. The average molecular weight is 562 g/mol. The molecule has 39 heavy (non-hydrogen) atoms. The van der Waals surface area contributed by atoms with E-state index in [1.165, 1.54) is 39.1 Å². The van der Waals surface area contributed by atoms with E-state index in [1.807, 2.05) is 0 Å². The number of hydrogen-bond donors (Lipinski definition) is 3. The van der Waals surface area contributed by atoms with Gasteiger partial charge in [0.2, 0.25) is 5.95 Å². The van der Waals surface area contributed by atoms with Crippen LogP contribution in [0, 0.1) is 5.82 Å². The largest absolute Gasteiger partial charge is 0.489 e. The number of anilines is 3. The van der Waals surface area contributed by atoms with Crippen LogP contribution >= 0.6 is 11.6 Å². The fraction of sp³-hybridized carbons (Fsp3) is 0.560. The topological polar surface area (TPSA) is 135 Å². The molecule has 4 heterocycles. The summed E-state index contributed by atoms with van der Waals surface area (Å²) in [5.74, 6) is -0.0842. The monoisotopic (exact) mass is 561 g/mol. The zero-order valence-electron chi connectivity index (χ0n) is 22.4. The molecule has 12 nitrogen and oxygen atoms in total. The van der Waals surface area contributed by atoms with Crippen LogP contribution in [0.25, 0.3) is 5.69 Å². The van der Waals surface area contributed by atoms with Gasteiger partial charge in [-0.25, -0.2) is 14.2 Å². The first kappa shape index (κ1) is 27.3. The summed E-state index contributed by atoms with van der Waals surface area (Å²) in [7, 11) is 1.44. The number of nitrogens with zero attached hydrogens (tertiary/aromatic N) is 7. The number of hydrogen-bond acceptors (Lipinski definition) is 10. The van der Waals surface area contributed by atoms with Crippen molar-refractivity contribution in [3.8, 4) is 11.4 Å². The van der Waals surface area contributed by atoms with Gasteiger partial charge in [-0.1, -0.05) is 11.6 Å². The zero-order valence-corrected chi connectivity index (χ0v) is 23.1. The quantitative estimate of drug-likeness (QED) is 0.377. The lowest BCUT2D eigenvalue weighted by molar-refractivity contribution is 0.0501. The molecular formula is C25H33ClFN9O3. The first-order chi connectivity index (χ1) is 18.5. The summed E-state index contributed by atoms with van der Waals surface area (Å²) in [4.78, 5) is 23.9. The van der Waals surface area contributed by atoms with Crippen LogP contribution in [0.15, 0.2) is 23.1 Å². The van der Waals surface area contributed by atoms with Crippen LogP contribution in [0.5, 0.6) is 5.75 Å². The predicted octanol–water partition coefficient (Wildman–Crippen LogP) is 2.87. The van der Waals surface area contributed by atoms with E-state index in [1.54, 1.807) is 0 Å². The molecule has 3 atom stereocenters. The van der Waals surface area contributed by atoms with Gasteiger partial charge in [-0.2, -0.15) is 14.3 Å². The van der Waals surface area contributed by atoms with Crippen LogP contribution in [0.1, 0.15) is 46.5 Å². The van der Waals surface area contributed by atoms with E-state index in [2.05, 4.69) is 49.8 Å². The fourth-order valence-electron chi connectivity index (χ4n) is 5.56. The molecule has 3 N–H and O–H groups in total. The second-order valence-corrected chi connectivity index (χ2v) is 11.3. The summed E-state index contributed by atoms with van der Waals surface area (Å²) in [6, 6.07) is 3.16. The first-order valence-electron chi connectivity index (χ1n) is 13.0. The minimum absolute atomic E-state index is 0.0133. The van der Waals surface area contributed by atoms with Crippen LogP contribution in [-0.2, 0) is 7.05 Å². The van der Waals surface area contributed by atoms with Gasteiger partial charge in [0.05, 0.1) is 18.0 Å². The number of tetrazole rings is 1. The maximum absolute atomic E-state index is 15.2. The van der Waals surface area contributed by atoms with Crippen molar-refractivity contribution in [1.82, 2.24) is 34.7 Å². The number of nitrogens with one attached hydrogen (secondary N) is 2. The molecule has 14 heteroatoms. The standard InChI is InChI=1S/C25H33ClFN9O3/c1-14(37)13-39-21-9-18(27)19(10-20(21)36-24(38)34(4)32-33-36)30-23-28-12-17(26)22(31-23)29-15-8-16-6-5-7-35(16)25(2,3)11-15/h9-10,12,14-16,37H,5-8,11,13H2,1-4H3,(H2,28,29,30,31)/t14-,15+,16-/m0/s1. The smallest absolute Gasteiger partial charge is 0.368 e. The average Bonchev–Trinajstić information content (AvgIpc) is 3.48. The number of piperidine rings is 1. The fourth-order valence-corrected chi connectivity index (χ4v) is 5.70. The molecular weight excluding hydrogens is 529 g/mol. The summed E-state index contributed by atoms with van der Waals surface area (Å²) in [5.41, 5.74) is -0.371. The summed E-state index contributed by atoms with van der Waals surface area (Å²) in [6.07, 6.45) is 4.97. The second kappa shape index (κ2) is 10.7. The number of fused-ring (bicyclic) bond motifs is 1. The molecule has 2 aliphatic heterocycles. The van der Waals surface area contributed by atoms with Crippen LogP contribution in [0.4, 0.5) is 21.8 Å². The van der Waals surface area contributed by atoms with Crippen LogP contribution < -0.4 is 21.1 Å². The van der Waals surface area contributed by atoms with Crippen molar-refractivity contribution in [1.29, 1.82) is 0 Å². The third kappa shape index (κ3) is 5.70. The molecule has 0 bridgehead atoms. The molecule has 2 aromatic heterocycles. The highest BCUT2D eigenvalue weighted by atomic mass is 35.5. The Morgan fingerprint density at radius 3 is 2.85 bits per heavy atom. The Hall–Kier alpha value is -3.29. The summed E-state index contributed by atoms with van der Waals surface area (Å²) < 4.78 is 22.8. The molecule has 0 spiro atoms. The molecule has 0 saturated carbocycles. The predicted molar refractivity (Wildman–Crippen MR) is 145 cm³/mol. The van der Waals surface area contributed by atoms with E-state index in [-0.39, 0.29) is 41.3 Å². The molecule has 5 rings (SSSR count). The van der Waals surface area contributed by atoms with Crippen molar-refractivity contribution in [3.05, 3.63) is 39.7 Å². The third-order valence-electron chi connectivity index (χ3n) is 7.27. The summed E-state index contributed by atoms with van der Waals surface area (Å²) in [6.45, 7) is 7.09. The van der Waals surface area contributed by atoms with Gasteiger partial charge < -0.3 is 20.5 Å². The number of halogens is 2. The lowest BCUT2D eigenvalue weighted by Gasteiger charge is -2.47.